The van der Waals surface area contributed by atoms with Gasteiger partial charge in [0.15, 0.2) is 0 Å². The number of nitrogens with one attached hydrogen (secondary N) is 2. The Kier molecular flexibility index (Phi) is 5.59. The summed E-state index contributed by atoms with van der Waals surface area (Å²) in [6, 6.07) is 7.72. The molecule has 1 unspecified atom stereocenters. The van der Waals surface area contributed by atoms with E-state index < -0.39 is 10.0 Å². The van der Waals surface area contributed by atoms with Gasteiger partial charge in [0.05, 0.1) is 5.75 Å². The van der Waals surface area contributed by atoms with Gasteiger partial charge in [-0.05, 0) is 43.5 Å². The van der Waals surface area contributed by atoms with Gasteiger partial charge in [0.25, 0.3) is 0 Å². The Bertz CT molecular complexity index is 516. The van der Waals surface area contributed by atoms with Crippen molar-refractivity contribution in [2.24, 2.45) is 5.41 Å². The van der Waals surface area contributed by atoms with Crippen LogP contribution in [0.25, 0.3) is 0 Å². The fourth-order valence-electron chi connectivity index (χ4n) is 1.68. The molecule has 2 N–H and O–H groups in total. The molecule has 1 rings (SSSR count). The minimum absolute atomic E-state index is 0.0147. The molecular weight excluding hydrogens is 272 g/mol. The molecule has 20 heavy (non-hydrogen) atoms. The zero-order valence-corrected chi connectivity index (χ0v) is 13.8. The summed E-state index contributed by atoms with van der Waals surface area (Å²) in [7, 11) is -1.38. The first-order valence-electron chi connectivity index (χ1n) is 6.91. The molecule has 0 saturated heterocycles. The largest absolute Gasteiger partial charge is 0.313 e. The Labute approximate surface area is 123 Å². The zero-order valence-electron chi connectivity index (χ0n) is 13.0. The predicted octanol–water partition coefficient (Wildman–Crippen LogP) is 3.14. The number of sulfonamides is 1. The quantitative estimate of drug-likeness (QED) is 0.848. The van der Waals surface area contributed by atoms with E-state index in [0.717, 1.165) is 5.56 Å². The van der Waals surface area contributed by atoms with Crippen LogP contribution in [0.15, 0.2) is 24.3 Å². The van der Waals surface area contributed by atoms with Crippen LogP contribution in [-0.2, 0) is 10.0 Å². The van der Waals surface area contributed by atoms with E-state index in [1.54, 1.807) is 12.1 Å². The van der Waals surface area contributed by atoms with Crippen molar-refractivity contribution in [3.8, 4) is 0 Å². The third-order valence-electron chi connectivity index (χ3n) is 3.24. The third kappa shape index (κ3) is 5.92. The van der Waals surface area contributed by atoms with Gasteiger partial charge >= 0.3 is 0 Å². The SMILES string of the molecule is CNC(C)c1ccc(NS(=O)(=O)CCC(C)(C)C)cc1. The van der Waals surface area contributed by atoms with Crippen molar-refractivity contribution in [1.82, 2.24) is 5.32 Å². The monoisotopic (exact) mass is 298 g/mol. The fraction of sp³-hybridized carbons (Fsp3) is 0.600. The summed E-state index contributed by atoms with van der Waals surface area (Å²) < 4.78 is 26.6. The molecule has 0 bridgehead atoms. The second-order valence-electron chi connectivity index (χ2n) is 6.36. The maximum absolute atomic E-state index is 12.0. The normalized spacial score (nSPS) is 14.1. The van der Waals surface area contributed by atoms with E-state index in [9.17, 15) is 8.42 Å². The van der Waals surface area contributed by atoms with E-state index in [-0.39, 0.29) is 17.2 Å². The van der Waals surface area contributed by atoms with E-state index in [0.29, 0.717) is 12.1 Å². The molecule has 0 amide bonds. The van der Waals surface area contributed by atoms with Crippen molar-refractivity contribution >= 4 is 15.7 Å². The van der Waals surface area contributed by atoms with Crippen LogP contribution in [-0.4, -0.2) is 21.2 Å². The smallest absolute Gasteiger partial charge is 0.232 e. The van der Waals surface area contributed by atoms with Gasteiger partial charge in [0, 0.05) is 11.7 Å². The van der Waals surface area contributed by atoms with Crippen LogP contribution in [0.5, 0.6) is 0 Å². The summed E-state index contributed by atoms with van der Waals surface area (Å²) in [4.78, 5) is 0. The first-order chi connectivity index (χ1) is 9.13. The lowest BCUT2D eigenvalue weighted by Crippen LogP contribution is -2.21. The molecule has 1 atom stereocenters. The van der Waals surface area contributed by atoms with E-state index in [4.69, 9.17) is 0 Å². The Morgan fingerprint density at radius 2 is 1.70 bits per heavy atom. The summed E-state index contributed by atoms with van der Waals surface area (Å²) >= 11 is 0. The van der Waals surface area contributed by atoms with Crippen LogP contribution in [0, 0.1) is 5.41 Å². The maximum atomic E-state index is 12.0. The molecule has 1 aromatic carbocycles. The lowest BCUT2D eigenvalue weighted by atomic mass is 9.94. The summed E-state index contributed by atoms with van der Waals surface area (Å²) in [6.07, 6.45) is 0.636. The molecule has 0 aliphatic heterocycles. The first-order valence-corrected chi connectivity index (χ1v) is 8.56. The van der Waals surface area contributed by atoms with Gasteiger partial charge in [0.1, 0.15) is 0 Å². The highest BCUT2D eigenvalue weighted by Gasteiger charge is 2.17. The van der Waals surface area contributed by atoms with E-state index in [1.165, 1.54) is 0 Å². The van der Waals surface area contributed by atoms with Gasteiger partial charge in [-0.25, -0.2) is 8.42 Å². The fourth-order valence-corrected chi connectivity index (χ4v) is 3.16. The van der Waals surface area contributed by atoms with Gasteiger partial charge in [-0.3, -0.25) is 4.72 Å². The standard InChI is InChI=1S/C15H26N2O2S/c1-12(16-5)13-6-8-14(9-7-13)17-20(18,19)11-10-15(2,3)4/h6-9,12,16-17H,10-11H2,1-5H3. The van der Waals surface area contributed by atoms with Crippen LogP contribution in [0.4, 0.5) is 5.69 Å². The predicted molar refractivity (Wildman–Crippen MR) is 85.4 cm³/mol. The lowest BCUT2D eigenvalue weighted by molar-refractivity contribution is 0.397. The van der Waals surface area contributed by atoms with Crippen LogP contribution < -0.4 is 10.0 Å². The van der Waals surface area contributed by atoms with E-state index >= 15 is 0 Å². The third-order valence-corrected chi connectivity index (χ3v) is 4.53. The van der Waals surface area contributed by atoms with Crippen LogP contribution in [0.2, 0.25) is 0 Å². The molecule has 5 heteroatoms. The minimum Gasteiger partial charge on any atom is -0.313 e. The molecule has 1 aromatic rings. The van der Waals surface area contributed by atoms with Crippen LogP contribution >= 0.6 is 0 Å². The van der Waals surface area contributed by atoms with Crippen molar-refractivity contribution in [3.05, 3.63) is 29.8 Å². The summed E-state index contributed by atoms with van der Waals surface area (Å²) in [5.74, 6) is 0.144. The summed E-state index contributed by atoms with van der Waals surface area (Å²) in [5, 5.41) is 3.15. The number of anilines is 1. The Morgan fingerprint density at radius 3 is 2.15 bits per heavy atom. The van der Waals surface area contributed by atoms with Crippen LogP contribution in [0.1, 0.15) is 45.7 Å². The molecule has 0 aliphatic rings. The molecule has 0 saturated carbocycles. The Balaban J connectivity index is 2.68. The highest BCUT2D eigenvalue weighted by molar-refractivity contribution is 7.92. The molecule has 4 nitrogen and oxygen atoms in total. The number of rotatable bonds is 6. The first kappa shape index (κ1) is 17.0. The minimum atomic E-state index is -3.27. The molecule has 0 spiro atoms. The summed E-state index contributed by atoms with van der Waals surface area (Å²) in [6.45, 7) is 8.17. The number of benzene rings is 1. The molecule has 0 fully saturated rings. The topological polar surface area (TPSA) is 58.2 Å². The van der Waals surface area contributed by atoms with Crippen molar-refractivity contribution in [2.75, 3.05) is 17.5 Å². The van der Waals surface area contributed by atoms with Gasteiger partial charge < -0.3 is 5.32 Å². The van der Waals surface area contributed by atoms with Crippen molar-refractivity contribution in [3.63, 3.8) is 0 Å². The average molecular weight is 298 g/mol. The molecule has 0 aromatic heterocycles. The van der Waals surface area contributed by atoms with Gasteiger partial charge in [0.2, 0.25) is 10.0 Å². The summed E-state index contributed by atoms with van der Waals surface area (Å²) in [5.41, 5.74) is 1.76. The highest BCUT2D eigenvalue weighted by Crippen LogP contribution is 2.21. The Morgan fingerprint density at radius 1 is 1.15 bits per heavy atom. The second-order valence-corrected chi connectivity index (χ2v) is 8.21. The lowest BCUT2D eigenvalue weighted by Gasteiger charge is -2.18. The van der Waals surface area contributed by atoms with E-state index in [1.807, 2.05) is 40.0 Å². The average Bonchev–Trinajstić information content (AvgIpc) is 2.35. The second kappa shape index (κ2) is 6.59. The molecule has 0 aliphatic carbocycles. The van der Waals surface area contributed by atoms with Crippen molar-refractivity contribution in [1.29, 1.82) is 0 Å². The van der Waals surface area contributed by atoms with Crippen LogP contribution in [0.3, 0.4) is 0 Å². The van der Waals surface area contributed by atoms with Gasteiger partial charge in [-0.15, -0.1) is 0 Å². The van der Waals surface area contributed by atoms with Crippen molar-refractivity contribution < 1.29 is 8.42 Å². The van der Waals surface area contributed by atoms with Crippen molar-refractivity contribution in [2.45, 2.75) is 40.2 Å². The molecule has 0 radical (unpaired) electrons. The highest BCUT2D eigenvalue weighted by atomic mass is 32.2. The maximum Gasteiger partial charge on any atom is 0.232 e. The van der Waals surface area contributed by atoms with E-state index in [2.05, 4.69) is 17.0 Å². The van der Waals surface area contributed by atoms with Gasteiger partial charge in [-0.1, -0.05) is 32.9 Å². The number of hydrogen-bond acceptors (Lipinski definition) is 3. The molecular formula is C15H26N2O2S. The van der Waals surface area contributed by atoms with Gasteiger partial charge in [-0.2, -0.15) is 0 Å². The zero-order chi connectivity index (χ0) is 15.4. The molecule has 0 heterocycles. The molecule has 114 valence electrons. The number of hydrogen-bond donors (Lipinski definition) is 2. The Hall–Kier alpha value is -1.07.